The first kappa shape index (κ1) is 21.6. The van der Waals surface area contributed by atoms with Gasteiger partial charge in [0.1, 0.15) is 22.7 Å². The number of aromatic nitrogens is 4. The van der Waals surface area contributed by atoms with Gasteiger partial charge in [0.15, 0.2) is 0 Å². The summed E-state index contributed by atoms with van der Waals surface area (Å²) in [6, 6.07) is 3.99. The number of rotatable bonds is 6. The third kappa shape index (κ3) is 4.01. The topological polar surface area (TPSA) is 96.0 Å². The van der Waals surface area contributed by atoms with Gasteiger partial charge in [-0.3, -0.25) is 9.89 Å². The molecule has 0 fully saturated rings. The molecule has 0 spiro atoms. The summed E-state index contributed by atoms with van der Waals surface area (Å²) in [7, 11) is 1.88. The molecular weight excluding hydrogens is 436 g/mol. The highest BCUT2D eigenvalue weighted by Gasteiger charge is 2.30. The highest BCUT2D eigenvalue weighted by atomic mass is 32.1. The Labute approximate surface area is 196 Å². The van der Waals surface area contributed by atoms with Crippen LogP contribution in [0.25, 0.3) is 21.1 Å². The second kappa shape index (κ2) is 8.62. The van der Waals surface area contributed by atoms with Crippen LogP contribution >= 0.6 is 11.3 Å². The van der Waals surface area contributed by atoms with Gasteiger partial charge in [-0.1, -0.05) is 0 Å². The summed E-state index contributed by atoms with van der Waals surface area (Å²) < 4.78 is 6.08. The van der Waals surface area contributed by atoms with Crippen molar-refractivity contribution in [3.63, 3.8) is 0 Å². The van der Waals surface area contributed by atoms with Crippen molar-refractivity contribution in [2.45, 2.75) is 46.1 Å². The Morgan fingerprint density at radius 1 is 1.36 bits per heavy atom. The van der Waals surface area contributed by atoms with Gasteiger partial charge >= 0.3 is 0 Å². The van der Waals surface area contributed by atoms with E-state index in [0.717, 1.165) is 64.2 Å². The minimum Gasteiger partial charge on any atom is -0.489 e. The molecule has 3 aromatic heterocycles. The maximum atomic E-state index is 12.7. The van der Waals surface area contributed by atoms with Crippen LogP contribution in [0, 0.1) is 5.92 Å². The molecular formula is C24H28N6O2S. The maximum absolute atomic E-state index is 12.7. The summed E-state index contributed by atoms with van der Waals surface area (Å²) >= 11 is 1.68. The van der Waals surface area contributed by atoms with E-state index in [4.69, 9.17) is 4.74 Å². The smallest absolute Gasteiger partial charge is 0.225 e. The van der Waals surface area contributed by atoms with Gasteiger partial charge in [-0.15, -0.1) is 11.3 Å². The molecule has 1 amide bonds. The SMILES string of the molecule is CCN(C)C(=O)[C@H]1CCc2c(sc3ncnc(Nc4cc5cn[nH]c5cc4OC(C)C)c23)C1. The molecule has 172 valence electrons. The number of fused-ring (bicyclic) bond motifs is 4. The molecule has 0 saturated heterocycles. The zero-order valence-electron chi connectivity index (χ0n) is 19.3. The number of hydrogen-bond donors (Lipinski definition) is 2. The highest BCUT2D eigenvalue weighted by molar-refractivity contribution is 7.19. The summed E-state index contributed by atoms with van der Waals surface area (Å²) in [4.78, 5) is 25.9. The van der Waals surface area contributed by atoms with Crippen LogP contribution in [0.3, 0.4) is 0 Å². The van der Waals surface area contributed by atoms with Gasteiger partial charge in [-0.2, -0.15) is 5.10 Å². The van der Waals surface area contributed by atoms with Crippen LogP contribution in [-0.2, 0) is 17.6 Å². The van der Waals surface area contributed by atoms with Crippen LogP contribution in [0.2, 0.25) is 0 Å². The predicted octanol–water partition coefficient (Wildman–Crippen LogP) is 4.68. The minimum absolute atomic E-state index is 0.0287. The number of amides is 1. The molecule has 0 radical (unpaired) electrons. The zero-order chi connectivity index (χ0) is 23.1. The average molecular weight is 465 g/mol. The van der Waals surface area contributed by atoms with Crippen molar-refractivity contribution in [2.75, 3.05) is 18.9 Å². The molecule has 1 aliphatic carbocycles. The lowest BCUT2D eigenvalue weighted by Crippen LogP contribution is -2.35. The lowest BCUT2D eigenvalue weighted by molar-refractivity contribution is -0.134. The van der Waals surface area contributed by atoms with Gasteiger partial charge in [0.2, 0.25) is 5.91 Å². The third-order valence-electron chi connectivity index (χ3n) is 6.20. The van der Waals surface area contributed by atoms with Crippen molar-refractivity contribution < 1.29 is 9.53 Å². The Morgan fingerprint density at radius 3 is 3.00 bits per heavy atom. The van der Waals surface area contributed by atoms with Crippen molar-refractivity contribution in [3.05, 3.63) is 35.1 Å². The standard InChI is InChI=1S/C24H28N6O2S/c1-5-30(4)24(31)14-6-7-16-20(9-14)33-23-21(16)22(25-12-26-23)28-18-8-15-11-27-29-17(15)10-19(18)32-13(2)3/h8,10-14H,5-7,9H2,1-4H3,(H,27,29)(H,25,26,28)/t14-/m0/s1. The third-order valence-corrected chi connectivity index (χ3v) is 7.36. The molecule has 8 nitrogen and oxygen atoms in total. The molecule has 1 aromatic carbocycles. The Morgan fingerprint density at radius 2 is 2.21 bits per heavy atom. The molecule has 0 bridgehead atoms. The van der Waals surface area contributed by atoms with Crippen molar-refractivity contribution in [1.82, 2.24) is 25.1 Å². The van der Waals surface area contributed by atoms with Gasteiger partial charge in [-0.25, -0.2) is 9.97 Å². The summed E-state index contributed by atoms with van der Waals surface area (Å²) in [5.74, 6) is 1.78. The second-order valence-corrected chi connectivity index (χ2v) is 9.88. The summed E-state index contributed by atoms with van der Waals surface area (Å²) in [5, 5.41) is 12.7. The molecule has 1 aliphatic rings. The number of carbonyl (C=O) groups is 1. The number of aromatic amines is 1. The number of thiophene rings is 1. The van der Waals surface area contributed by atoms with Crippen LogP contribution in [-0.4, -0.2) is 50.7 Å². The summed E-state index contributed by atoms with van der Waals surface area (Å²) in [6.45, 7) is 6.76. The first-order valence-corrected chi connectivity index (χ1v) is 12.2. The van der Waals surface area contributed by atoms with Crippen molar-refractivity contribution in [2.24, 2.45) is 5.92 Å². The fourth-order valence-electron chi connectivity index (χ4n) is 4.43. The lowest BCUT2D eigenvalue weighted by Gasteiger charge is -2.26. The van der Waals surface area contributed by atoms with Gasteiger partial charge in [0.25, 0.3) is 0 Å². The Kier molecular flexibility index (Phi) is 5.65. The largest absolute Gasteiger partial charge is 0.489 e. The van der Waals surface area contributed by atoms with Crippen molar-refractivity contribution >= 4 is 49.9 Å². The normalized spacial score (nSPS) is 15.7. The number of nitrogens with one attached hydrogen (secondary N) is 2. The number of ether oxygens (including phenoxy) is 1. The molecule has 0 aliphatic heterocycles. The number of carbonyl (C=O) groups excluding carboxylic acids is 1. The fraction of sp³-hybridized carbons (Fsp3) is 0.417. The highest BCUT2D eigenvalue weighted by Crippen LogP contribution is 2.42. The quantitative estimate of drug-likeness (QED) is 0.430. The number of nitrogens with zero attached hydrogens (tertiary/aromatic N) is 4. The van der Waals surface area contributed by atoms with Crippen LogP contribution in [0.5, 0.6) is 5.75 Å². The number of benzene rings is 1. The van der Waals surface area contributed by atoms with E-state index < -0.39 is 0 Å². The van der Waals surface area contributed by atoms with E-state index in [1.807, 2.05) is 44.9 Å². The predicted molar refractivity (Wildman–Crippen MR) is 131 cm³/mol. The number of hydrogen-bond acceptors (Lipinski definition) is 7. The summed E-state index contributed by atoms with van der Waals surface area (Å²) in [6.07, 6.45) is 5.88. The minimum atomic E-state index is 0.0287. The molecule has 33 heavy (non-hydrogen) atoms. The first-order chi connectivity index (χ1) is 15.9. The van der Waals surface area contributed by atoms with E-state index in [1.165, 1.54) is 10.4 Å². The Hall–Kier alpha value is -3.20. The number of H-pyrrole nitrogens is 1. The van der Waals surface area contributed by atoms with Gasteiger partial charge in [0.05, 0.1) is 28.9 Å². The first-order valence-electron chi connectivity index (χ1n) is 11.4. The molecule has 0 unspecified atom stereocenters. The zero-order valence-corrected chi connectivity index (χ0v) is 20.1. The Balaban J connectivity index is 1.52. The molecule has 1 atom stereocenters. The van der Waals surface area contributed by atoms with E-state index in [1.54, 1.807) is 23.9 Å². The Bertz CT molecular complexity index is 1330. The van der Waals surface area contributed by atoms with E-state index in [9.17, 15) is 4.79 Å². The fourth-order valence-corrected chi connectivity index (χ4v) is 5.70. The summed E-state index contributed by atoms with van der Waals surface area (Å²) in [5.41, 5.74) is 3.02. The van der Waals surface area contributed by atoms with Crippen LogP contribution in [0.15, 0.2) is 24.7 Å². The second-order valence-electron chi connectivity index (χ2n) is 8.80. The van der Waals surface area contributed by atoms with Crippen molar-refractivity contribution in [3.8, 4) is 5.75 Å². The van der Waals surface area contributed by atoms with E-state index in [2.05, 4.69) is 25.5 Å². The van der Waals surface area contributed by atoms with Crippen LogP contribution in [0.4, 0.5) is 11.5 Å². The molecule has 3 heterocycles. The van der Waals surface area contributed by atoms with Gasteiger partial charge < -0.3 is 15.0 Å². The number of anilines is 2. The van der Waals surface area contributed by atoms with Crippen LogP contribution < -0.4 is 10.1 Å². The maximum Gasteiger partial charge on any atom is 0.225 e. The number of aryl methyl sites for hydroxylation is 1. The monoisotopic (exact) mass is 464 g/mol. The molecule has 9 heteroatoms. The van der Waals surface area contributed by atoms with Gasteiger partial charge in [-0.05, 0) is 51.7 Å². The van der Waals surface area contributed by atoms with Crippen LogP contribution in [0.1, 0.15) is 37.6 Å². The average Bonchev–Trinajstić information content (AvgIpc) is 3.41. The molecule has 5 rings (SSSR count). The van der Waals surface area contributed by atoms with E-state index in [-0.39, 0.29) is 17.9 Å². The molecule has 4 aromatic rings. The molecule has 0 saturated carbocycles. The van der Waals surface area contributed by atoms with E-state index >= 15 is 0 Å². The molecule has 2 N–H and O–H groups in total. The van der Waals surface area contributed by atoms with E-state index in [0.29, 0.717) is 0 Å². The lowest BCUT2D eigenvalue weighted by atomic mass is 9.87. The van der Waals surface area contributed by atoms with Gasteiger partial charge in [0, 0.05) is 35.8 Å². The van der Waals surface area contributed by atoms with Crippen molar-refractivity contribution in [1.29, 1.82) is 0 Å².